The fourth-order valence-corrected chi connectivity index (χ4v) is 1.60. The lowest BCUT2D eigenvalue weighted by Crippen LogP contribution is -2.16. The third-order valence-corrected chi connectivity index (χ3v) is 2.49. The SMILES string of the molecule is FC(F)(F)Oc1ccc(-c2cncc(C(F)(F)F)c2)cc1. The van der Waals surface area contributed by atoms with Crippen molar-refractivity contribution >= 4 is 0 Å². The molecule has 0 radical (unpaired) electrons. The van der Waals surface area contributed by atoms with Crippen LogP contribution in [-0.2, 0) is 6.18 Å². The minimum Gasteiger partial charge on any atom is -0.406 e. The Morgan fingerprint density at radius 1 is 0.810 bits per heavy atom. The van der Waals surface area contributed by atoms with Crippen LogP contribution in [0, 0.1) is 0 Å². The quantitative estimate of drug-likeness (QED) is 0.752. The van der Waals surface area contributed by atoms with Gasteiger partial charge in [0.1, 0.15) is 5.75 Å². The number of rotatable bonds is 2. The van der Waals surface area contributed by atoms with E-state index in [9.17, 15) is 26.3 Å². The minimum atomic E-state index is -4.82. The zero-order chi connectivity index (χ0) is 15.7. The molecule has 0 amide bonds. The van der Waals surface area contributed by atoms with Gasteiger partial charge in [0, 0.05) is 18.0 Å². The summed E-state index contributed by atoms with van der Waals surface area (Å²) in [4.78, 5) is 3.48. The summed E-state index contributed by atoms with van der Waals surface area (Å²) in [5.74, 6) is -0.453. The van der Waals surface area contributed by atoms with Crippen LogP contribution in [0.3, 0.4) is 0 Å². The highest BCUT2D eigenvalue weighted by atomic mass is 19.4. The van der Waals surface area contributed by atoms with Gasteiger partial charge in [-0.05, 0) is 23.8 Å². The summed E-state index contributed by atoms with van der Waals surface area (Å²) in [5.41, 5.74) is -0.498. The Kier molecular flexibility index (Phi) is 3.80. The molecule has 0 fully saturated rings. The molecule has 0 saturated heterocycles. The zero-order valence-corrected chi connectivity index (χ0v) is 10.2. The highest BCUT2D eigenvalue weighted by molar-refractivity contribution is 5.64. The third-order valence-electron chi connectivity index (χ3n) is 2.49. The molecule has 2 nitrogen and oxygen atoms in total. The summed E-state index contributed by atoms with van der Waals surface area (Å²) in [6, 6.07) is 5.34. The molecule has 112 valence electrons. The fourth-order valence-electron chi connectivity index (χ4n) is 1.60. The van der Waals surface area contributed by atoms with Crippen LogP contribution in [0.4, 0.5) is 26.3 Å². The summed E-state index contributed by atoms with van der Waals surface area (Å²) in [6.07, 6.45) is -7.50. The van der Waals surface area contributed by atoms with Crippen LogP contribution in [0.25, 0.3) is 11.1 Å². The van der Waals surface area contributed by atoms with Crippen molar-refractivity contribution in [3.05, 3.63) is 48.3 Å². The number of alkyl halides is 6. The van der Waals surface area contributed by atoms with Crippen molar-refractivity contribution in [3.63, 3.8) is 0 Å². The van der Waals surface area contributed by atoms with Gasteiger partial charge >= 0.3 is 12.5 Å². The molecule has 1 aromatic heterocycles. The lowest BCUT2D eigenvalue weighted by Gasteiger charge is -2.10. The molecule has 0 unspecified atom stereocenters. The first-order valence-corrected chi connectivity index (χ1v) is 5.53. The van der Waals surface area contributed by atoms with Crippen LogP contribution in [-0.4, -0.2) is 11.3 Å². The molecule has 1 aromatic carbocycles. The molecular weight excluding hydrogens is 300 g/mol. The maximum absolute atomic E-state index is 12.5. The Labute approximate surface area is 115 Å². The topological polar surface area (TPSA) is 22.1 Å². The second-order valence-electron chi connectivity index (χ2n) is 4.03. The van der Waals surface area contributed by atoms with Crippen molar-refractivity contribution in [3.8, 4) is 16.9 Å². The van der Waals surface area contributed by atoms with Crippen molar-refractivity contribution in [2.75, 3.05) is 0 Å². The molecule has 0 N–H and O–H groups in total. The van der Waals surface area contributed by atoms with E-state index in [-0.39, 0.29) is 5.56 Å². The molecule has 0 aliphatic carbocycles. The predicted molar refractivity (Wildman–Crippen MR) is 61.4 cm³/mol. The first kappa shape index (κ1) is 15.1. The maximum Gasteiger partial charge on any atom is 0.573 e. The highest BCUT2D eigenvalue weighted by Crippen LogP contribution is 2.32. The number of aromatic nitrogens is 1. The zero-order valence-electron chi connectivity index (χ0n) is 10.2. The summed E-state index contributed by atoms with van der Waals surface area (Å²) < 4.78 is 77.3. The number of nitrogens with zero attached hydrogens (tertiary/aromatic N) is 1. The number of benzene rings is 1. The Morgan fingerprint density at radius 2 is 1.43 bits per heavy atom. The van der Waals surface area contributed by atoms with Crippen molar-refractivity contribution in [2.45, 2.75) is 12.5 Å². The van der Waals surface area contributed by atoms with Crippen LogP contribution >= 0.6 is 0 Å². The van der Waals surface area contributed by atoms with Gasteiger partial charge < -0.3 is 4.74 Å². The van der Waals surface area contributed by atoms with E-state index in [2.05, 4.69) is 9.72 Å². The Balaban J connectivity index is 2.27. The number of hydrogen-bond donors (Lipinski definition) is 0. The molecule has 8 heteroatoms. The van der Waals surface area contributed by atoms with Gasteiger partial charge in [0.2, 0.25) is 0 Å². The molecule has 0 aliphatic rings. The van der Waals surface area contributed by atoms with E-state index in [1.54, 1.807) is 0 Å². The normalized spacial score (nSPS) is 12.3. The summed E-state index contributed by atoms with van der Waals surface area (Å²) in [7, 11) is 0. The largest absolute Gasteiger partial charge is 0.573 e. The van der Waals surface area contributed by atoms with Crippen LogP contribution in [0.2, 0.25) is 0 Å². The molecule has 2 rings (SSSR count). The number of pyridine rings is 1. The molecule has 1 heterocycles. The molecule has 21 heavy (non-hydrogen) atoms. The summed E-state index contributed by atoms with van der Waals surface area (Å²) in [6.45, 7) is 0. The van der Waals surface area contributed by atoms with Gasteiger partial charge in [-0.3, -0.25) is 4.98 Å². The van der Waals surface area contributed by atoms with E-state index in [0.717, 1.165) is 18.2 Å². The van der Waals surface area contributed by atoms with Crippen LogP contribution < -0.4 is 4.74 Å². The van der Waals surface area contributed by atoms with Crippen molar-refractivity contribution in [1.82, 2.24) is 4.98 Å². The average molecular weight is 307 g/mol. The van der Waals surface area contributed by atoms with Gasteiger partial charge in [-0.15, -0.1) is 13.2 Å². The van der Waals surface area contributed by atoms with Crippen LogP contribution in [0.5, 0.6) is 5.75 Å². The second kappa shape index (κ2) is 5.27. The minimum absolute atomic E-state index is 0.142. The lowest BCUT2D eigenvalue weighted by atomic mass is 10.1. The van der Waals surface area contributed by atoms with Gasteiger partial charge in [-0.25, -0.2) is 0 Å². The van der Waals surface area contributed by atoms with E-state index in [1.165, 1.54) is 18.3 Å². The van der Waals surface area contributed by atoms with Crippen molar-refractivity contribution in [2.24, 2.45) is 0 Å². The van der Waals surface area contributed by atoms with Gasteiger partial charge in [0.15, 0.2) is 0 Å². The van der Waals surface area contributed by atoms with E-state index in [0.29, 0.717) is 11.8 Å². The van der Waals surface area contributed by atoms with Gasteiger partial charge in [0.25, 0.3) is 0 Å². The van der Waals surface area contributed by atoms with Gasteiger partial charge in [-0.2, -0.15) is 13.2 Å². The molecular formula is C13H7F6NO. The molecule has 0 saturated carbocycles. The van der Waals surface area contributed by atoms with Gasteiger partial charge in [-0.1, -0.05) is 12.1 Å². The lowest BCUT2D eigenvalue weighted by molar-refractivity contribution is -0.274. The van der Waals surface area contributed by atoms with Crippen LogP contribution in [0.1, 0.15) is 5.56 Å². The third kappa shape index (κ3) is 4.11. The standard InChI is InChI=1S/C13H7F6NO/c14-12(15,16)10-5-9(6-20-7-10)8-1-3-11(4-2-8)21-13(17,18)19/h1-7H. The van der Waals surface area contributed by atoms with E-state index < -0.39 is 23.9 Å². The second-order valence-corrected chi connectivity index (χ2v) is 4.03. The molecule has 0 spiro atoms. The van der Waals surface area contributed by atoms with Gasteiger partial charge in [0.05, 0.1) is 5.56 Å². The number of hydrogen-bond acceptors (Lipinski definition) is 2. The van der Waals surface area contributed by atoms with Crippen molar-refractivity contribution < 1.29 is 31.1 Å². The Hall–Kier alpha value is -2.25. The average Bonchev–Trinajstić information content (AvgIpc) is 2.37. The molecule has 2 aromatic rings. The first-order chi connectivity index (χ1) is 9.65. The molecule has 0 bridgehead atoms. The number of ether oxygens (including phenoxy) is 1. The van der Waals surface area contributed by atoms with Crippen molar-refractivity contribution in [1.29, 1.82) is 0 Å². The Morgan fingerprint density at radius 3 is 1.95 bits per heavy atom. The molecule has 0 atom stereocenters. The maximum atomic E-state index is 12.5. The number of halogens is 6. The summed E-state index contributed by atoms with van der Waals surface area (Å²) >= 11 is 0. The fraction of sp³-hybridized carbons (Fsp3) is 0.154. The summed E-state index contributed by atoms with van der Waals surface area (Å²) in [5, 5.41) is 0. The van der Waals surface area contributed by atoms with E-state index >= 15 is 0 Å². The molecule has 0 aliphatic heterocycles. The van der Waals surface area contributed by atoms with E-state index in [1.807, 2.05) is 0 Å². The smallest absolute Gasteiger partial charge is 0.406 e. The predicted octanol–water partition coefficient (Wildman–Crippen LogP) is 4.67. The highest BCUT2D eigenvalue weighted by Gasteiger charge is 2.32. The first-order valence-electron chi connectivity index (χ1n) is 5.53. The Bertz CT molecular complexity index is 618. The van der Waals surface area contributed by atoms with Crippen LogP contribution in [0.15, 0.2) is 42.7 Å². The monoisotopic (exact) mass is 307 g/mol. The van der Waals surface area contributed by atoms with E-state index in [4.69, 9.17) is 0 Å².